The van der Waals surface area contributed by atoms with Gasteiger partial charge in [-0.25, -0.2) is 0 Å². The molecule has 0 spiro atoms. The van der Waals surface area contributed by atoms with E-state index in [2.05, 4.69) is 19.2 Å². The SMILES string of the molecule is CCC(CC)C1CC(O)CN1. The van der Waals surface area contributed by atoms with Crippen LogP contribution in [0.1, 0.15) is 33.1 Å². The molecule has 2 unspecified atom stereocenters. The Balaban J connectivity index is 2.34. The predicted octanol–water partition coefficient (Wildman–Crippen LogP) is 1.15. The zero-order valence-corrected chi connectivity index (χ0v) is 7.51. The Morgan fingerprint density at radius 2 is 2.09 bits per heavy atom. The van der Waals surface area contributed by atoms with Crippen LogP contribution in [0.25, 0.3) is 0 Å². The number of nitrogens with one attached hydrogen (secondary N) is 1. The highest BCUT2D eigenvalue weighted by atomic mass is 16.3. The molecule has 0 amide bonds. The molecule has 1 rings (SSSR count). The molecule has 2 N–H and O–H groups in total. The van der Waals surface area contributed by atoms with Gasteiger partial charge in [0, 0.05) is 12.6 Å². The molecule has 1 heterocycles. The minimum atomic E-state index is -0.0967. The van der Waals surface area contributed by atoms with Gasteiger partial charge >= 0.3 is 0 Å². The maximum absolute atomic E-state index is 9.28. The van der Waals surface area contributed by atoms with Gasteiger partial charge in [-0.05, 0) is 12.3 Å². The van der Waals surface area contributed by atoms with Crippen molar-refractivity contribution in [2.75, 3.05) is 6.54 Å². The first-order valence-electron chi connectivity index (χ1n) is 4.69. The molecule has 1 aliphatic rings. The molecule has 0 aromatic heterocycles. The summed E-state index contributed by atoms with van der Waals surface area (Å²) in [6.45, 7) is 5.24. The monoisotopic (exact) mass is 157 g/mol. The van der Waals surface area contributed by atoms with Gasteiger partial charge in [-0.2, -0.15) is 0 Å². The van der Waals surface area contributed by atoms with Crippen molar-refractivity contribution in [1.29, 1.82) is 0 Å². The second kappa shape index (κ2) is 4.07. The summed E-state index contributed by atoms with van der Waals surface area (Å²) in [5, 5.41) is 12.6. The van der Waals surface area contributed by atoms with Gasteiger partial charge in [0.25, 0.3) is 0 Å². The van der Waals surface area contributed by atoms with E-state index >= 15 is 0 Å². The molecule has 0 saturated carbocycles. The number of aliphatic hydroxyl groups is 1. The van der Waals surface area contributed by atoms with E-state index in [1.165, 1.54) is 12.8 Å². The highest BCUT2D eigenvalue weighted by Crippen LogP contribution is 2.20. The molecular weight excluding hydrogens is 138 g/mol. The van der Waals surface area contributed by atoms with Crippen molar-refractivity contribution in [3.8, 4) is 0 Å². The van der Waals surface area contributed by atoms with Crippen molar-refractivity contribution in [3.63, 3.8) is 0 Å². The van der Waals surface area contributed by atoms with Crippen LogP contribution in [0, 0.1) is 5.92 Å². The van der Waals surface area contributed by atoms with Crippen molar-refractivity contribution < 1.29 is 5.11 Å². The van der Waals surface area contributed by atoms with Crippen LogP contribution in [0.2, 0.25) is 0 Å². The van der Waals surface area contributed by atoms with E-state index in [0.29, 0.717) is 6.04 Å². The summed E-state index contributed by atoms with van der Waals surface area (Å²) >= 11 is 0. The van der Waals surface area contributed by atoms with Gasteiger partial charge in [0.2, 0.25) is 0 Å². The summed E-state index contributed by atoms with van der Waals surface area (Å²) < 4.78 is 0. The largest absolute Gasteiger partial charge is 0.392 e. The second-order valence-electron chi connectivity index (χ2n) is 3.48. The van der Waals surface area contributed by atoms with Crippen LogP contribution < -0.4 is 5.32 Å². The van der Waals surface area contributed by atoms with E-state index in [0.717, 1.165) is 18.9 Å². The average molecular weight is 157 g/mol. The molecule has 1 saturated heterocycles. The molecule has 2 nitrogen and oxygen atoms in total. The zero-order chi connectivity index (χ0) is 8.27. The molecule has 0 aromatic rings. The molecule has 11 heavy (non-hydrogen) atoms. The van der Waals surface area contributed by atoms with Crippen molar-refractivity contribution in [2.24, 2.45) is 5.92 Å². The van der Waals surface area contributed by atoms with Gasteiger partial charge in [-0.1, -0.05) is 26.7 Å². The topological polar surface area (TPSA) is 32.3 Å². The Kier molecular flexibility index (Phi) is 3.34. The summed E-state index contributed by atoms with van der Waals surface area (Å²) in [6.07, 6.45) is 3.30. The Hall–Kier alpha value is -0.0800. The zero-order valence-electron chi connectivity index (χ0n) is 7.51. The lowest BCUT2D eigenvalue weighted by atomic mass is 9.93. The van der Waals surface area contributed by atoms with E-state index in [1.807, 2.05) is 0 Å². The number of hydrogen-bond donors (Lipinski definition) is 2. The highest BCUT2D eigenvalue weighted by Gasteiger charge is 2.26. The van der Waals surface area contributed by atoms with Crippen molar-refractivity contribution in [1.82, 2.24) is 5.32 Å². The molecule has 0 radical (unpaired) electrons. The molecule has 2 atom stereocenters. The summed E-state index contributed by atoms with van der Waals surface area (Å²) in [5.74, 6) is 0.757. The quantitative estimate of drug-likeness (QED) is 0.644. The third-order valence-electron chi connectivity index (χ3n) is 2.76. The lowest BCUT2D eigenvalue weighted by molar-refractivity contribution is 0.188. The fourth-order valence-corrected chi connectivity index (χ4v) is 1.96. The lowest BCUT2D eigenvalue weighted by Crippen LogP contribution is -2.29. The molecule has 2 heteroatoms. The van der Waals surface area contributed by atoms with Crippen LogP contribution in [-0.4, -0.2) is 23.8 Å². The summed E-state index contributed by atoms with van der Waals surface area (Å²) in [6, 6.07) is 0.569. The van der Waals surface area contributed by atoms with Crippen LogP contribution in [0.15, 0.2) is 0 Å². The Morgan fingerprint density at radius 1 is 1.45 bits per heavy atom. The molecule has 66 valence electrons. The van der Waals surface area contributed by atoms with Gasteiger partial charge in [-0.3, -0.25) is 0 Å². The molecule has 0 aliphatic carbocycles. The molecular formula is C9H19NO. The minimum Gasteiger partial charge on any atom is -0.392 e. The molecule has 0 aromatic carbocycles. The smallest absolute Gasteiger partial charge is 0.0679 e. The first kappa shape index (κ1) is 9.01. The highest BCUT2D eigenvalue weighted by molar-refractivity contribution is 4.85. The van der Waals surface area contributed by atoms with Crippen LogP contribution in [0.5, 0.6) is 0 Å². The standard InChI is InChI=1S/C9H19NO/c1-3-7(4-2)9-5-8(11)6-10-9/h7-11H,3-6H2,1-2H3. The first-order chi connectivity index (χ1) is 5.27. The third-order valence-corrected chi connectivity index (χ3v) is 2.76. The first-order valence-corrected chi connectivity index (χ1v) is 4.69. The Bertz CT molecular complexity index is 112. The number of hydrogen-bond acceptors (Lipinski definition) is 2. The number of aliphatic hydroxyl groups excluding tert-OH is 1. The summed E-state index contributed by atoms with van der Waals surface area (Å²) in [5.41, 5.74) is 0. The molecule has 1 aliphatic heterocycles. The van der Waals surface area contributed by atoms with E-state index in [4.69, 9.17) is 0 Å². The van der Waals surface area contributed by atoms with E-state index in [1.54, 1.807) is 0 Å². The van der Waals surface area contributed by atoms with Gasteiger partial charge < -0.3 is 10.4 Å². The summed E-state index contributed by atoms with van der Waals surface area (Å²) in [4.78, 5) is 0. The van der Waals surface area contributed by atoms with E-state index in [9.17, 15) is 5.11 Å². The predicted molar refractivity (Wildman–Crippen MR) is 46.5 cm³/mol. The number of β-amino-alcohol motifs (C(OH)–C–C–N with tert-alkyl or cyclic N) is 1. The van der Waals surface area contributed by atoms with Crippen LogP contribution >= 0.6 is 0 Å². The van der Waals surface area contributed by atoms with Crippen LogP contribution in [0.3, 0.4) is 0 Å². The van der Waals surface area contributed by atoms with Gasteiger partial charge in [0.15, 0.2) is 0 Å². The Labute approximate surface area is 69.0 Å². The van der Waals surface area contributed by atoms with Crippen molar-refractivity contribution in [3.05, 3.63) is 0 Å². The van der Waals surface area contributed by atoms with E-state index in [-0.39, 0.29) is 6.10 Å². The lowest BCUT2D eigenvalue weighted by Gasteiger charge is -2.20. The maximum atomic E-state index is 9.28. The summed E-state index contributed by atoms with van der Waals surface area (Å²) in [7, 11) is 0. The van der Waals surface area contributed by atoms with Crippen molar-refractivity contribution in [2.45, 2.75) is 45.3 Å². The van der Waals surface area contributed by atoms with Crippen LogP contribution in [0.4, 0.5) is 0 Å². The van der Waals surface area contributed by atoms with Gasteiger partial charge in [0.05, 0.1) is 6.10 Å². The normalized spacial score (nSPS) is 31.6. The Morgan fingerprint density at radius 3 is 2.45 bits per heavy atom. The maximum Gasteiger partial charge on any atom is 0.0679 e. The molecule has 1 fully saturated rings. The van der Waals surface area contributed by atoms with Crippen LogP contribution in [-0.2, 0) is 0 Å². The van der Waals surface area contributed by atoms with Crippen molar-refractivity contribution >= 4 is 0 Å². The third kappa shape index (κ3) is 2.17. The minimum absolute atomic E-state index is 0.0967. The average Bonchev–Trinajstić information content (AvgIpc) is 2.39. The number of rotatable bonds is 3. The molecule has 0 bridgehead atoms. The second-order valence-corrected chi connectivity index (χ2v) is 3.48. The fraction of sp³-hybridized carbons (Fsp3) is 1.00. The van der Waals surface area contributed by atoms with E-state index < -0.39 is 0 Å². The fourth-order valence-electron chi connectivity index (χ4n) is 1.96. The van der Waals surface area contributed by atoms with Gasteiger partial charge in [0.1, 0.15) is 0 Å². The van der Waals surface area contributed by atoms with Gasteiger partial charge in [-0.15, -0.1) is 0 Å².